The maximum absolute atomic E-state index is 13.8. The zero-order chi connectivity index (χ0) is 29.4. The van der Waals surface area contributed by atoms with Crippen molar-refractivity contribution in [2.75, 3.05) is 24.2 Å². The summed E-state index contributed by atoms with van der Waals surface area (Å²) in [4.78, 5) is 9.57. The van der Waals surface area contributed by atoms with Crippen molar-refractivity contribution >= 4 is 23.0 Å². The van der Waals surface area contributed by atoms with Crippen LogP contribution in [0.1, 0.15) is 49.4 Å². The van der Waals surface area contributed by atoms with E-state index in [1.54, 1.807) is 31.5 Å². The predicted molar refractivity (Wildman–Crippen MR) is 166 cm³/mol. The summed E-state index contributed by atoms with van der Waals surface area (Å²) in [7, 11) is 0.372. The Morgan fingerprint density at radius 2 is 1.83 bits per heavy atom. The van der Waals surface area contributed by atoms with Crippen molar-refractivity contribution < 1.29 is 28.3 Å². The minimum absolute atomic E-state index is 0. The number of benzene rings is 2. The molecule has 0 aliphatic carbocycles. The summed E-state index contributed by atoms with van der Waals surface area (Å²) < 4.78 is 46.0. The summed E-state index contributed by atoms with van der Waals surface area (Å²) in [6.07, 6.45) is 7.70. The molecule has 1 aromatic heterocycles. The van der Waals surface area contributed by atoms with E-state index < -0.39 is 17.3 Å². The van der Waals surface area contributed by atoms with Gasteiger partial charge in [-0.2, -0.15) is 0 Å². The molecule has 2 heterocycles. The Bertz CT molecular complexity index is 1350. The van der Waals surface area contributed by atoms with Crippen LogP contribution in [0.3, 0.4) is 0 Å². The van der Waals surface area contributed by atoms with E-state index in [0.717, 1.165) is 22.4 Å². The van der Waals surface area contributed by atoms with Gasteiger partial charge in [-0.25, -0.2) is 18.6 Å². The minimum Gasteiger partial charge on any atom is -0.412 e. The first-order chi connectivity index (χ1) is 19.7. The van der Waals surface area contributed by atoms with E-state index in [9.17, 15) is 8.60 Å². The highest BCUT2D eigenvalue weighted by molar-refractivity contribution is 7.85. The van der Waals surface area contributed by atoms with Crippen molar-refractivity contribution in [3.05, 3.63) is 96.0 Å². The first-order valence-electron chi connectivity index (χ1n) is 13.7. The lowest BCUT2D eigenvalue weighted by Crippen LogP contribution is -2.37. The summed E-state index contributed by atoms with van der Waals surface area (Å²) in [6.45, 7) is 8.72. The van der Waals surface area contributed by atoms with Crippen LogP contribution in [0.5, 0.6) is 0 Å². The Labute approximate surface area is 250 Å². The fourth-order valence-corrected chi connectivity index (χ4v) is 4.88. The molecule has 42 heavy (non-hydrogen) atoms. The highest BCUT2D eigenvalue weighted by Crippen LogP contribution is 2.32. The topological polar surface area (TPSA) is 105 Å². The highest BCUT2D eigenvalue weighted by Gasteiger charge is 2.30. The summed E-state index contributed by atoms with van der Waals surface area (Å²) in [5.74, 6) is 0.0399. The molecule has 4 atom stereocenters. The molecule has 0 bridgehead atoms. The van der Waals surface area contributed by atoms with Gasteiger partial charge < -0.3 is 19.7 Å². The third-order valence-corrected chi connectivity index (χ3v) is 7.71. The maximum Gasteiger partial charge on any atom is 0.237 e. The van der Waals surface area contributed by atoms with Crippen molar-refractivity contribution in [1.82, 2.24) is 9.97 Å². The van der Waals surface area contributed by atoms with Gasteiger partial charge in [-0.3, -0.25) is 4.31 Å². The van der Waals surface area contributed by atoms with Gasteiger partial charge in [0.2, 0.25) is 5.95 Å². The fourth-order valence-electron chi connectivity index (χ4n) is 4.57. The van der Waals surface area contributed by atoms with Gasteiger partial charge in [0.25, 0.3) is 0 Å². The van der Waals surface area contributed by atoms with Gasteiger partial charge in [0.1, 0.15) is 16.8 Å². The Hall–Kier alpha value is -3.28. The lowest BCUT2D eigenvalue weighted by Gasteiger charge is -2.34. The van der Waals surface area contributed by atoms with Gasteiger partial charge in [0.05, 0.1) is 36.8 Å². The second-order valence-corrected chi connectivity index (χ2v) is 11.6. The van der Waals surface area contributed by atoms with E-state index in [0.29, 0.717) is 37.7 Å². The van der Waals surface area contributed by atoms with Gasteiger partial charge in [-0.1, -0.05) is 62.4 Å². The highest BCUT2D eigenvalue weighted by atomic mass is 32.2. The molecular weight excluding hydrogens is 557 g/mol. The number of hydrogen-bond acceptors (Lipinski definition) is 6. The summed E-state index contributed by atoms with van der Waals surface area (Å²) >= 11 is 0. The van der Waals surface area contributed by atoms with Gasteiger partial charge in [0, 0.05) is 37.3 Å². The van der Waals surface area contributed by atoms with Crippen LogP contribution in [-0.4, -0.2) is 58.1 Å². The van der Waals surface area contributed by atoms with Crippen LogP contribution in [0.25, 0.3) is 17.3 Å². The summed E-state index contributed by atoms with van der Waals surface area (Å²) in [5, 5.41) is 0. The van der Waals surface area contributed by atoms with Crippen molar-refractivity contribution in [2.45, 2.75) is 57.7 Å². The quantitative estimate of drug-likeness (QED) is 0.251. The molecule has 1 fully saturated rings. The van der Waals surface area contributed by atoms with E-state index in [4.69, 9.17) is 24.2 Å². The van der Waals surface area contributed by atoms with E-state index in [-0.39, 0.29) is 29.4 Å². The largest absolute Gasteiger partial charge is 0.412 e. The van der Waals surface area contributed by atoms with Gasteiger partial charge in [-0.15, -0.1) is 6.58 Å². The van der Waals surface area contributed by atoms with Crippen LogP contribution in [0.4, 0.5) is 10.3 Å². The molecule has 0 spiro atoms. The van der Waals surface area contributed by atoms with E-state index in [1.165, 1.54) is 16.4 Å². The molecule has 4 rings (SSSR count). The van der Waals surface area contributed by atoms with Gasteiger partial charge in [0.15, 0.2) is 6.29 Å². The van der Waals surface area contributed by atoms with Crippen LogP contribution in [0.2, 0.25) is 0 Å². The Morgan fingerprint density at radius 3 is 2.48 bits per heavy atom. The zero-order valence-corrected chi connectivity index (χ0v) is 25.4. The second kappa shape index (κ2) is 15.8. The number of halogens is 1. The molecular formula is C32H40FN3O5S. The van der Waals surface area contributed by atoms with E-state index in [2.05, 4.69) is 6.58 Å². The Morgan fingerprint density at radius 1 is 1.12 bits per heavy atom. The van der Waals surface area contributed by atoms with Crippen molar-refractivity contribution in [3.8, 4) is 11.3 Å². The SMILES string of the molecule is C=CCOC1C[C@H](OCc2ccccc2)C[C@@H](/C=C/c2c(-c3ccc(F)cc3)nc(N(C)S(C)=O)nc2C(C)C)O1.O. The number of ether oxygens (including phenoxy) is 3. The lowest BCUT2D eigenvalue weighted by molar-refractivity contribution is -0.207. The van der Waals surface area contributed by atoms with E-state index >= 15 is 0 Å². The van der Waals surface area contributed by atoms with Gasteiger partial charge in [-0.05, 0) is 35.7 Å². The van der Waals surface area contributed by atoms with Crippen LogP contribution in [0.15, 0.2) is 73.3 Å². The second-order valence-electron chi connectivity index (χ2n) is 10.2. The molecule has 2 aromatic carbocycles. The third kappa shape index (κ3) is 8.86. The Kier molecular flexibility index (Phi) is 12.5. The fraction of sp³-hybridized carbons (Fsp3) is 0.375. The number of aromatic nitrogens is 2. The monoisotopic (exact) mass is 597 g/mol. The minimum atomic E-state index is -1.32. The predicted octanol–water partition coefficient (Wildman–Crippen LogP) is 5.62. The van der Waals surface area contributed by atoms with Crippen molar-refractivity contribution in [1.29, 1.82) is 0 Å². The lowest BCUT2D eigenvalue weighted by atomic mass is 9.96. The zero-order valence-electron chi connectivity index (χ0n) is 24.5. The molecule has 0 radical (unpaired) electrons. The number of hydrogen-bond donors (Lipinski definition) is 0. The number of rotatable bonds is 12. The maximum atomic E-state index is 13.8. The van der Waals surface area contributed by atoms with Crippen molar-refractivity contribution in [3.63, 3.8) is 0 Å². The van der Waals surface area contributed by atoms with Gasteiger partial charge >= 0.3 is 0 Å². The smallest absolute Gasteiger partial charge is 0.237 e. The van der Waals surface area contributed by atoms with E-state index in [1.807, 2.05) is 56.3 Å². The molecule has 3 aromatic rings. The first kappa shape index (κ1) is 33.2. The molecule has 226 valence electrons. The molecule has 0 amide bonds. The molecule has 1 saturated heterocycles. The Balaban J connectivity index is 0.00000484. The number of anilines is 1. The summed E-state index contributed by atoms with van der Waals surface area (Å²) in [6, 6.07) is 16.3. The third-order valence-electron chi connectivity index (χ3n) is 6.78. The molecule has 2 unspecified atom stereocenters. The molecule has 10 heteroatoms. The summed E-state index contributed by atoms with van der Waals surface area (Å²) in [5.41, 5.74) is 4.04. The number of nitrogens with zero attached hydrogens (tertiary/aromatic N) is 3. The van der Waals surface area contributed by atoms with Crippen LogP contribution in [-0.2, 0) is 31.8 Å². The molecule has 0 saturated carbocycles. The standard InChI is InChI=1S/C32H38FN3O4S.H2O/c1-6-18-38-29-20-27(39-21-23-10-8-7-9-11-23)19-26(40-29)16-17-28-30(22(2)3)34-32(36(4)41(5)37)35-31(28)24-12-14-25(33)15-13-24;/h6-17,22,26-27,29H,1,18-21H2,2-5H3;1H2/b17-16+;/t26-,27-,29?,41?;/m1./s1. The average molecular weight is 598 g/mol. The molecule has 1 aliphatic rings. The molecule has 8 nitrogen and oxygen atoms in total. The molecule has 2 N–H and O–H groups in total. The van der Waals surface area contributed by atoms with Crippen LogP contribution >= 0.6 is 0 Å². The first-order valence-corrected chi connectivity index (χ1v) is 15.2. The van der Waals surface area contributed by atoms with Crippen molar-refractivity contribution in [2.24, 2.45) is 0 Å². The van der Waals surface area contributed by atoms with Crippen LogP contribution < -0.4 is 4.31 Å². The molecule has 1 aliphatic heterocycles. The average Bonchev–Trinajstić information content (AvgIpc) is 2.98. The normalized spacial score (nSPS) is 19.4. The van der Waals surface area contributed by atoms with Crippen LogP contribution in [0, 0.1) is 5.82 Å².